The minimum absolute atomic E-state index is 0.292. The number of hydrogen-bond donors (Lipinski definition) is 2. The van der Waals surface area contributed by atoms with Gasteiger partial charge in [0.2, 0.25) is 10.0 Å². The van der Waals surface area contributed by atoms with Crippen LogP contribution in [0.15, 0.2) is 23.1 Å². The summed E-state index contributed by atoms with van der Waals surface area (Å²) >= 11 is 0. The molecule has 1 aromatic carbocycles. The molecule has 1 fully saturated rings. The smallest absolute Gasteiger partial charge is 0.240 e. The SMILES string of the molecule is CNCc1cc(S(=O)(=O)NCCCC2CC2)ccc1OC. The summed E-state index contributed by atoms with van der Waals surface area (Å²) in [4.78, 5) is 0.292. The maximum atomic E-state index is 12.3. The molecule has 0 atom stereocenters. The first-order chi connectivity index (χ1) is 10.1. The molecule has 0 heterocycles. The molecule has 0 unspecified atom stereocenters. The quantitative estimate of drug-likeness (QED) is 0.683. The Morgan fingerprint density at radius 1 is 1.33 bits per heavy atom. The van der Waals surface area contributed by atoms with Crippen molar-refractivity contribution in [2.75, 3.05) is 20.7 Å². The van der Waals surface area contributed by atoms with Crippen molar-refractivity contribution in [1.29, 1.82) is 0 Å². The van der Waals surface area contributed by atoms with Crippen molar-refractivity contribution in [3.05, 3.63) is 23.8 Å². The van der Waals surface area contributed by atoms with Crippen molar-refractivity contribution in [2.24, 2.45) is 5.92 Å². The van der Waals surface area contributed by atoms with Crippen LogP contribution in [0.3, 0.4) is 0 Å². The Bertz CT molecular complexity index is 568. The Balaban J connectivity index is 2.01. The summed E-state index contributed by atoms with van der Waals surface area (Å²) in [5.74, 6) is 1.52. The van der Waals surface area contributed by atoms with Gasteiger partial charge in [-0.1, -0.05) is 12.8 Å². The summed E-state index contributed by atoms with van der Waals surface area (Å²) in [6, 6.07) is 4.95. The number of methoxy groups -OCH3 is 1. The fraction of sp³-hybridized carbons (Fsp3) is 0.600. The zero-order chi connectivity index (χ0) is 15.3. The van der Waals surface area contributed by atoms with Gasteiger partial charge in [0.1, 0.15) is 5.75 Å². The molecule has 0 saturated heterocycles. The first-order valence-electron chi connectivity index (χ1n) is 7.38. The van der Waals surface area contributed by atoms with E-state index in [-0.39, 0.29) is 0 Å². The molecule has 2 N–H and O–H groups in total. The van der Waals surface area contributed by atoms with Crippen LogP contribution in [0.25, 0.3) is 0 Å². The van der Waals surface area contributed by atoms with Gasteiger partial charge in [0.05, 0.1) is 12.0 Å². The van der Waals surface area contributed by atoms with Crippen molar-refractivity contribution >= 4 is 10.0 Å². The summed E-state index contributed by atoms with van der Waals surface area (Å²) in [6.07, 6.45) is 4.64. The molecule has 21 heavy (non-hydrogen) atoms. The molecule has 1 aromatic rings. The highest BCUT2D eigenvalue weighted by atomic mass is 32.2. The minimum Gasteiger partial charge on any atom is -0.496 e. The molecule has 0 radical (unpaired) electrons. The summed E-state index contributed by atoms with van der Waals surface area (Å²) in [5.41, 5.74) is 0.834. The third-order valence-electron chi connectivity index (χ3n) is 3.71. The van der Waals surface area contributed by atoms with Gasteiger partial charge in [-0.3, -0.25) is 0 Å². The molecule has 1 aliphatic rings. The average molecular weight is 312 g/mol. The van der Waals surface area contributed by atoms with E-state index in [0.717, 1.165) is 24.3 Å². The predicted molar refractivity (Wildman–Crippen MR) is 82.9 cm³/mol. The predicted octanol–water partition coefficient (Wildman–Crippen LogP) is 1.88. The number of sulfonamides is 1. The lowest BCUT2D eigenvalue weighted by molar-refractivity contribution is 0.408. The van der Waals surface area contributed by atoms with Gasteiger partial charge in [-0.05, 0) is 44.0 Å². The van der Waals surface area contributed by atoms with E-state index < -0.39 is 10.0 Å². The molecule has 118 valence electrons. The van der Waals surface area contributed by atoms with E-state index in [4.69, 9.17) is 4.74 Å². The van der Waals surface area contributed by atoms with Gasteiger partial charge in [0, 0.05) is 18.7 Å². The number of hydrogen-bond acceptors (Lipinski definition) is 4. The maximum Gasteiger partial charge on any atom is 0.240 e. The molecule has 5 nitrogen and oxygen atoms in total. The Kier molecular flexibility index (Phi) is 5.61. The molecule has 1 saturated carbocycles. The summed E-state index contributed by atoms with van der Waals surface area (Å²) in [5, 5.41) is 3.01. The molecule has 2 rings (SSSR count). The maximum absolute atomic E-state index is 12.3. The average Bonchev–Trinajstić information content (AvgIpc) is 3.28. The van der Waals surface area contributed by atoms with Crippen molar-refractivity contribution < 1.29 is 13.2 Å². The van der Waals surface area contributed by atoms with Gasteiger partial charge >= 0.3 is 0 Å². The highest BCUT2D eigenvalue weighted by Crippen LogP contribution is 2.33. The van der Waals surface area contributed by atoms with E-state index in [2.05, 4.69) is 10.0 Å². The zero-order valence-corrected chi connectivity index (χ0v) is 13.5. The highest BCUT2D eigenvalue weighted by molar-refractivity contribution is 7.89. The monoisotopic (exact) mass is 312 g/mol. The van der Waals surface area contributed by atoms with E-state index in [1.807, 2.05) is 7.05 Å². The van der Waals surface area contributed by atoms with Crippen LogP contribution in [0.2, 0.25) is 0 Å². The van der Waals surface area contributed by atoms with Crippen molar-refractivity contribution in [2.45, 2.75) is 37.1 Å². The van der Waals surface area contributed by atoms with E-state index >= 15 is 0 Å². The van der Waals surface area contributed by atoms with Gasteiger partial charge in [-0.2, -0.15) is 0 Å². The zero-order valence-electron chi connectivity index (χ0n) is 12.7. The molecule has 6 heteroatoms. The van der Waals surface area contributed by atoms with Crippen LogP contribution < -0.4 is 14.8 Å². The van der Waals surface area contributed by atoms with Gasteiger partial charge in [-0.25, -0.2) is 13.1 Å². The Hall–Kier alpha value is -1.11. The van der Waals surface area contributed by atoms with Crippen LogP contribution in [0.1, 0.15) is 31.2 Å². The standard InChI is InChI=1S/C15H24N2O3S/c1-16-11-13-10-14(7-8-15(13)20-2)21(18,19)17-9-3-4-12-5-6-12/h7-8,10,12,16-17H,3-6,9,11H2,1-2H3. The molecular weight excluding hydrogens is 288 g/mol. The molecule has 0 aliphatic heterocycles. The Labute approximate surface area is 127 Å². The lowest BCUT2D eigenvalue weighted by Crippen LogP contribution is -2.25. The number of ether oxygens (including phenoxy) is 1. The van der Waals surface area contributed by atoms with Gasteiger partial charge < -0.3 is 10.1 Å². The van der Waals surface area contributed by atoms with Crippen LogP contribution in [-0.4, -0.2) is 29.1 Å². The normalized spacial score (nSPS) is 15.1. The van der Waals surface area contributed by atoms with Gasteiger partial charge in [0.25, 0.3) is 0 Å². The second-order valence-electron chi connectivity index (χ2n) is 5.49. The summed E-state index contributed by atoms with van der Waals surface area (Å²) in [7, 11) is -0.0386. The molecule has 0 amide bonds. The lowest BCUT2D eigenvalue weighted by Gasteiger charge is -2.11. The van der Waals surface area contributed by atoms with Crippen LogP contribution in [0, 0.1) is 5.92 Å². The van der Waals surface area contributed by atoms with E-state index in [1.165, 1.54) is 12.8 Å². The molecule has 1 aliphatic carbocycles. The highest BCUT2D eigenvalue weighted by Gasteiger charge is 2.21. The number of benzene rings is 1. The first kappa shape index (κ1) is 16.3. The van der Waals surface area contributed by atoms with Crippen molar-refractivity contribution in [3.8, 4) is 5.75 Å². The largest absolute Gasteiger partial charge is 0.496 e. The van der Waals surface area contributed by atoms with Gasteiger partial charge in [0.15, 0.2) is 0 Å². The van der Waals surface area contributed by atoms with Crippen LogP contribution in [-0.2, 0) is 16.6 Å². The fourth-order valence-corrected chi connectivity index (χ4v) is 3.46. The van der Waals surface area contributed by atoms with Crippen molar-refractivity contribution in [3.63, 3.8) is 0 Å². The molecule has 0 bridgehead atoms. The Morgan fingerprint density at radius 3 is 2.71 bits per heavy atom. The second kappa shape index (κ2) is 7.24. The fourth-order valence-electron chi connectivity index (χ4n) is 2.34. The Morgan fingerprint density at radius 2 is 2.10 bits per heavy atom. The second-order valence-corrected chi connectivity index (χ2v) is 7.25. The van der Waals surface area contributed by atoms with Crippen LogP contribution in [0.5, 0.6) is 5.75 Å². The molecular formula is C15H24N2O3S. The first-order valence-corrected chi connectivity index (χ1v) is 8.86. The van der Waals surface area contributed by atoms with Gasteiger partial charge in [-0.15, -0.1) is 0 Å². The summed E-state index contributed by atoms with van der Waals surface area (Å²) in [6.45, 7) is 1.07. The van der Waals surface area contributed by atoms with E-state index in [1.54, 1.807) is 25.3 Å². The number of rotatable bonds is 9. The van der Waals surface area contributed by atoms with Crippen LogP contribution >= 0.6 is 0 Å². The lowest BCUT2D eigenvalue weighted by atomic mass is 10.2. The third kappa shape index (κ3) is 4.69. The molecule has 0 spiro atoms. The van der Waals surface area contributed by atoms with Crippen molar-refractivity contribution in [1.82, 2.24) is 10.0 Å². The number of nitrogens with one attached hydrogen (secondary N) is 2. The third-order valence-corrected chi connectivity index (χ3v) is 5.17. The van der Waals surface area contributed by atoms with E-state index in [0.29, 0.717) is 23.7 Å². The topological polar surface area (TPSA) is 67.4 Å². The minimum atomic E-state index is -3.44. The summed E-state index contributed by atoms with van der Waals surface area (Å²) < 4.78 is 32.5. The van der Waals surface area contributed by atoms with Crippen LogP contribution in [0.4, 0.5) is 0 Å². The van der Waals surface area contributed by atoms with E-state index in [9.17, 15) is 8.42 Å². The molecule has 0 aromatic heterocycles.